The van der Waals surface area contributed by atoms with E-state index in [0.717, 1.165) is 24.8 Å². The zero-order chi connectivity index (χ0) is 19.6. The quantitative estimate of drug-likeness (QED) is 0.791. The zero-order valence-electron chi connectivity index (χ0n) is 16.2. The van der Waals surface area contributed by atoms with Gasteiger partial charge in [0.25, 0.3) is 0 Å². The van der Waals surface area contributed by atoms with Crippen molar-refractivity contribution in [2.45, 2.75) is 36.7 Å². The smallest absolute Gasteiger partial charge is 0.243 e. The molecule has 1 aliphatic heterocycles. The number of hydrogen-bond donors (Lipinski definition) is 2. The van der Waals surface area contributed by atoms with Crippen molar-refractivity contribution in [3.63, 3.8) is 0 Å². The van der Waals surface area contributed by atoms with E-state index in [1.807, 2.05) is 42.5 Å². The van der Waals surface area contributed by atoms with Crippen LogP contribution in [0.5, 0.6) is 0 Å². The van der Waals surface area contributed by atoms with Crippen LogP contribution in [0.1, 0.15) is 35.6 Å². The minimum Gasteiger partial charge on any atom is -0.382 e. The zero-order valence-corrected chi connectivity index (χ0v) is 17.0. The third-order valence-corrected chi connectivity index (χ3v) is 7.95. The van der Waals surface area contributed by atoms with Gasteiger partial charge in [0.2, 0.25) is 10.0 Å². The summed E-state index contributed by atoms with van der Waals surface area (Å²) in [7, 11) is -3.44. The minimum absolute atomic E-state index is 0.431. The van der Waals surface area contributed by atoms with Crippen molar-refractivity contribution < 1.29 is 18.4 Å². The van der Waals surface area contributed by atoms with Gasteiger partial charge < -0.3 is 10.0 Å². The molecule has 0 amide bonds. The van der Waals surface area contributed by atoms with Crippen LogP contribution >= 0.6 is 0 Å². The first-order valence-corrected chi connectivity index (χ1v) is 11.7. The fraction of sp³-hybridized carbons (Fsp3) is 0.455. The fourth-order valence-corrected chi connectivity index (χ4v) is 5.83. The van der Waals surface area contributed by atoms with Gasteiger partial charge in [-0.1, -0.05) is 36.4 Å². The van der Waals surface area contributed by atoms with E-state index in [2.05, 4.69) is 0 Å². The Morgan fingerprint density at radius 3 is 2.36 bits per heavy atom. The average Bonchev–Trinajstić information content (AvgIpc) is 2.74. The Kier molecular flexibility index (Phi) is 5.83. The predicted octanol–water partition coefficient (Wildman–Crippen LogP) is 1.19. The van der Waals surface area contributed by atoms with Crippen LogP contribution in [0.25, 0.3) is 0 Å². The molecule has 150 valence electrons. The van der Waals surface area contributed by atoms with Crippen molar-refractivity contribution in [3.8, 4) is 0 Å². The van der Waals surface area contributed by atoms with Crippen LogP contribution in [-0.2, 0) is 22.9 Å². The SMILES string of the molecule is O=S(=O)(c1ccc2c(c1)CCCC2)N1CC[NH+](C[C@H](O)c2ccccc2)CC1. The highest BCUT2D eigenvalue weighted by Gasteiger charge is 2.31. The molecule has 1 saturated heterocycles. The second-order valence-electron chi connectivity index (χ2n) is 7.92. The van der Waals surface area contributed by atoms with Crippen molar-refractivity contribution >= 4 is 10.0 Å². The molecule has 1 aliphatic carbocycles. The van der Waals surface area contributed by atoms with Crippen molar-refractivity contribution in [1.29, 1.82) is 0 Å². The molecular formula is C22H29N2O3S+. The molecule has 5 nitrogen and oxygen atoms in total. The second-order valence-corrected chi connectivity index (χ2v) is 9.86. The number of aliphatic hydroxyl groups excluding tert-OH is 1. The van der Waals surface area contributed by atoms with Crippen LogP contribution in [-0.4, -0.2) is 50.6 Å². The highest BCUT2D eigenvalue weighted by Crippen LogP contribution is 2.25. The molecule has 1 atom stereocenters. The maximum absolute atomic E-state index is 13.1. The van der Waals surface area contributed by atoms with Gasteiger partial charge in [-0.3, -0.25) is 0 Å². The Labute approximate surface area is 167 Å². The molecule has 6 heteroatoms. The third-order valence-electron chi connectivity index (χ3n) is 6.05. The molecule has 2 N–H and O–H groups in total. The number of benzene rings is 2. The molecular weight excluding hydrogens is 372 g/mol. The first-order chi connectivity index (χ1) is 13.5. The number of aliphatic hydroxyl groups is 1. The molecule has 2 aromatic carbocycles. The molecule has 0 saturated carbocycles. The highest BCUT2D eigenvalue weighted by atomic mass is 32.2. The van der Waals surface area contributed by atoms with Gasteiger partial charge in [-0.2, -0.15) is 4.31 Å². The number of sulfonamides is 1. The molecule has 28 heavy (non-hydrogen) atoms. The van der Waals surface area contributed by atoms with Gasteiger partial charge in [-0.15, -0.1) is 0 Å². The predicted molar refractivity (Wildman–Crippen MR) is 109 cm³/mol. The van der Waals surface area contributed by atoms with E-state index >= 15 is 0 Å². The van der Waals surface area contributed by atoms with Crippen LogP contribution in [0, 0.1) is 0 Å². The maximum atomic E-state index is 13.1. The normalized spacial score (nSPS) is 19.9. The number of quaternary nitrogens is 1. The van der Waals surface area contributed by atoms with Crippen molar-refractivity contribution in [2.24, 2.45) is 0 Å². The van der Waals surface area contributed by atoms with E-state index in [-0.39, 0.29) is 0 Å². The number of hydrogen-bond acceptors (Lipinski definition) is 3. The lowest BCUT2D eigenvalue weighted by molar-refractivity contribution is -0.907. The van der Waals surface area contributed by atoms with Crippen LogP contribution in [0.4, 0.5) is 0 Å². The Morgan fingerprint density at radius 1 is 0.964 bits per heavy atom. The molecule has 0 aromatic heterocycles. The van der Waals surface area contributed by atoms with E-state index in [9.17, 15) is 13.5 Å². The summed E-state index contributed by atoms with van der Waals surface area (Å²) in [6.45, 7) is 3.03. The molecule has 0 unspecified atom stereocenters. The van der Waals surface area contributed by atoms with Gasteiger partial charge in [-0.25, -0.2) is 8.42 Å². The van der Waals surface area contributed by atoms with Crippen molar-refractivity contribution in [3.05, 3.63) is 65.2 Å². The second kappa shape index (κ2) is 8.33. The summed E-state index contributed by atoms with van der Waals surface area (Å²) in [6.07, 6.45) is 3.86. The lowest BCUT2D eigenvalue weighted by atomic mass is 9.92. The summed E-state index contributed by atoms with van der Waals surface area (Å²) < 4.78 is 27.8. The van der Waals surface area contributed by atoms with E-state index in [1.165, 1.54) is 22.4 Å². The number of rotatable bonds is 5. The van der Waals surface area contributed by atoms with Gasteiger partial charge in [0, 0.05) is 0 Å². The lowest BCUT2D eigenvalue weighted by Crippen LogP contribution is -3.15. The van der Waals surface area contributed by atoms with E-state index < -0.39 is 16.1 Å². The van der Waals surface area contributed by atoms with Gasteiger partial charge >= 0.3 is 0 Å². The first kappa shape index (κ1) is 19.6. The Hall–Kier alpha value is -1.73. The van der Waals surface area contributed by atoms with Crippen molar-refractivity contribution in [2.75, 3.05) is 32.7 Å². The molecule has 1 heterocycles. The van der Waals surface area contributed by atoms with Crippen LogP contribution < -0.4 is 4.90 Å². The maximum Gasteiger partial charge on any atom is 0.243 e. The third kappa shape index (κ3) is 4.15. The molecule has 4 rings (SSSR count). The van der Waals surface area contributed by atoms with Crippen LogP contribution in [0.2, 0.25) is 0 Å². The molecule has 0 bridgehead atoms. The Morgan fingerprint density at radius 2 is 1.64 bits per heavy atom. The van der Waals surface area contributed by atoms with Gasteiger partial charge in [-0.05, 0) is 54.5 Å². The van der Waals surface area contributed by atoms with Gasteiger partial charge in [0.15, 0.2) is 0 Å². The monoisotopic (exact) mass is 401 g/mol. The Bertz CT molecular complexity index is 907. The number of fused-ring (bicyclic) bond motifs is 1. The standard InChI is InChI=1S/C22H28N2O3S/c25-22(19-7-2-1-3-8-19)17-23-12-14-24(15-13-23)28(26,27)21-11-10-18-6-4-5-9-20(18)16-21/h1-3,7-8,10-11,16,22,25H,4-6,9,12-15,17H2/p+1/t22-/m0/s1. The van der Waals surface area contributed by atoms with Crippen molar-refractivity contribution in [1.82, 2.24) is 4.31 Å². The van der Waals surface area contributed by atoms with Crippen LogP contribution in [0.15, 0.2) is 53.4 Å². The number of aryl methyl sites for hydroxylation is 2. The van der Waals surface area contributed by atoms with Gasteiger partial charge in [0.1, 0.15) is 12.6 Å². The van der Waals surface area contributed by atoms with Gasteiger partial charge in [0.05, 0.1) is 31.1 Å². The summed E-state index contributed by atoms with van der Waals surface area (Å²) in [4.78, 5) is 1.68. The number of nitrogens with one attached hydrogen (secondary N) is 1. The minimum atomic E-state index is -3.44. The van der Waals surface area contributed by atoms with Crippen LogP contribution in [0.3, 0.4) is 0 Å². The number of piperazine rings is 1. The summed E-state index contributed by atoms with van der Waals surface area (Å²) in [5, 5.41) is 10.4. The van der Waals surface area contributed by atoms with E-state index in [0.29, 0.717) is 37.6 Å². The topological polar surface area (TPSA) is 62.0 Å². The number of nitrogens with zero attached hydrogens (tertiary/aromatic N) is 1. The molecule has 1 fully saturated rings. The molecule has 2 aromatic rings. The summed E-state index contributed by atoms with van der Waals surface area (Å²) >= 11 is 0. The largest absolute Gasteiger partial charge is 0.382 e. The summed E-state index contributed by atoms with van der Waals surface area (Å²) in [5.74, 6) is 0. The Balaban J connectivity index is 1.39. The summed E-state index contributed by atoms with van der Waals surface area (Å²) in [5.41, 5.74) is 3.41. The molecule has 0 radical (unpaired) electrons. The van der Waals surface area contributed by atoms with E-state index in [4.69, 9.17) is 0 Å². The lowest BCUT2D eigenvalue weighted by Gasteiger charge is -2.32. The molecule has 0 spiro atoms. The van der Waals surface area contributed by atoms with E-state index in [1.54, 1.807) is 10.4 Å². The summed E-state index contributed by atoms with van der Waals surface area (Å²) in [6, 6.07) is 15.3. The molecule has 2 aliphatic rings. The fourth-order valence-electron chi connectivity index (χ4n) is 4.33. The average molecular weight is 402 g/mol. The first-order valence-electron chi connectivity index (χ1n) is 10.2. The highest BCUT2D eigenvalue weighted by molar-refractivity contribution is 7.89.